The van der Waals surface area contributed by atoms with Crippen molar-refractivity contribution in [1.29, 1.82) is 0 Å². The number of anilines is 2. The molecule has 116 valence electrons. The Morgan fingerprint density at radius 3 is 1.65 bits per heavy atom. The molecular weight excluding hydrogens is 284 g/mol. The fourth-order valence-corrected chi connectivity index (χ4v) is 1.79. The largest absolute Gasteiger partial charge is 0.399 e. The molecule has 0 heterocycles. The number of rotatable bonds is 2. The molecule has 0 saturated heterocycles. The third-order valence-electron chi connectivity index (χ3n) is 2.85. The van der Waals surface area contributed by atoms with Crippen LogP contribution in [0.3, 0.4) is 0 Å². The standard InChI is InChI=1S/C13H13N3.C6H7N/c14-13(15-11-7-3-1-4-8-11)16-12-9-5-2-6-10-12;7-6-4-2-1-3-5-6/h1-10H,(H3,14,15,16);1-5H,7H2. The average molecular weight is 304 g/mol. The number of hydrogen-bond acceptors (Lipinski definition) is 2. The fraction of sp³-hybridized carbons (Fsp3) is 0. The Morgan fingerprint density at radius 1 is 0.696 bits per heavy atom. The lowest BCUT2D eigenvalue weighted by Gasteiger charge is -2.04. The summed E-state index contributed by atoms with van der Waals surface area (Å²) in [5.41, 5.74) is 13.7. The first-order chi connectivity index (χ1) is 11.2. The molecule has 4 nitrogen and oxygen atoms in total. The van der Waals surface area contributed by atoms with Crippen LogP contribution in [0.1, 0.15) is 0 Å². The minimum Gasteiger partial charge on any atom is -0.399 e. The number of hydrogen-bond donors (Lipinski definition) is 3. The summed E-state index contributed by atoms with van der Waals surface area (Å²) in [6.45, 7) is 0. The average Bonchev–Trinajstić information content (AvgIpc) is 2.58. The maximum atomic E-state index is 5.78. The molecule has 3 aromatic rings. The van der Waals surface area contributed by atoms with E-state index >= 15 is 0 Å². The molecule has 0 unspecified atom stereocenters. The molecule has 0 aromatic heterocycles. The highest BCUT2D eigenvalue weighted by atomic mass is 15.1. The van der Waals surface area contributed by atoms with Gasteiger partial charge in [-0.25, -0.2) is 4.99 Å². The topological polar surface area (TPSA) is 76.4 Å². The van der Waals surface area contributed by atoms with Gasteiger partial charge >= 0.3 is 0 Å². The Balaban J connectivity index is 0.000000229. The zero-order valence-corrected chi connectivity index (χ0v) is 12.8. The van der Waals surface area contributed by atoms with E-state index in [1.165, 1.54) is 0 Å². The molecule has 0 radical (unpaired) electrons. The van der Waals surface area contributed by atoms with Crippen LogP contribution in [0.5, 0.6) is 0 Å². The Morgan fingerprint density at radius 2 is 1.17 bits per heavy atom. The Bertz CT molecular complexity index is 710. The van der Waals surface area contributed by atoms with E-state index in [4.69, 9.17) is 11.5 Å². The van der Waals surface area contributed by atoms with Crippen LogP contribution in [0.25, 0.3) is 0 Å². The van der Waals surface area contributed by atoms with Gasteiger partial charge in [-0.2, -0.15) is 0 Å². The SMILES string of the molecule is NC(=Nc1ccccc1)Nc1ccccc1.Nc1ccccc1. The van der Waals surface area contributed by atoms with Crippen molar-refractivity contribution in [2.75, 3.05) is 11.1 Å². The van der Waals surface area contributed by atoms with Crippen molar-refractivity contribution in [3.63, 3.8) is 0 Å². The van der Waals surface area contributed by atoms with E-state index in [2.05, 4.69) is 10.3 Å². The second-order valence-electron chi connectivity index (χ2n) is 4.73. The van der Waals surface area contributed by atoms with E-state index in [0.29, 0.717) is 5.96 Å². The van der Waals surface area contributed by atoms with Crippen molar-refractivity contribution in [3.8, 4) is 0 Å². The molecule has 0 spiro atoms. The molecule has 0 aliphatic heterocycles. The van der Waals surface area contributed by atoms with Crippen LogP contribution < -0.4 is 16.8 Å². The maximum Gasteiger partial charge on any atom is 0.198 e. The van der Waals surface area contributed by atoms with Crippen molar-refractivity contribution in [2.24, 2.45) is 10.7 Å². The number of guanidine groups is 1. The Hall–Kier alpha value is -3.27. The molecule has 0 aliphatic rings. The van der Waals surface area contributed by atoms with Crippen LogP contribution in [-0.2, 0) is 0 Å². The normalized spacial score (nSPS) is 10.3. The van der Waals surface area contributed by atoms with Gasteiger partial charge in [0.1, 0.15) is 0 Å². The summed E-state index contributed by atoms with van der Waals surface area (Å²) >= 11 is 0. The predicted molar refractivity (Wildman–Crippen MR) is 98.6 cm³/mol. The lowest BCUT2D eigenvalue weighted by molar-refractivity contribution is 1.44. The van der Waals surface area contributed by atoms with Crippen molar-refractivity contribution < 1.29 is 0 Å². The highest BCUT2D eigenvalue weighted by Crippen LogP contribution is 2.10. The van der Waals surface area contributed by atoms with Crippen LogP contribution in [0, 0.1) is 0 Å². The first-order valence-corrected chi connectivity index (χ1v) is 7.26. The minimum absolute atomic E-state index is 0.386. The van der Waals surface area contributed by atoms with Gasteiger partial charge < -0.3 is 16.8 Å². The van der Waals surface area contributed by atoms with Crippen LogP contribution in [0.15, 0.2) is 96.0 Å². The highest BCUT2D eigenvalue weighted by molar-refractivity contribution is 5.93. The number of nitrogens with zero attached hydrogens (tertiary/aromatic N) is 1. The van der Waals surface area contributed by atoms with Gasteiger partial charge in [0.25, 0.3) is 0 Å². The molecule has 0 bridgehead atoms. The van der Waals surface area contributed by atoms with Gasteiger partial charge in [0.05, 0.1) is 5.69 Å². The van der Waals surface area contributed by atoms with Crippen molar-refractivity contribution in [2.45, 2.75) is 0 Å². The summed E-state index contributed by atoms with van der Waals surface area (Å²) in [6, 6.07) is 28.8. The summed E-state index contributed by atoms with van der Waals surface area (Å²) in [4.78, 5) is 4.24. The van der Waals surface area contributed by atoms with Crippen LogP contribution >= 0.6 is 0 Å². The van der Waals surface area contributed by atoms with Crippen molar-refractivity contribution >= 4 is 23.0 Å². The van der Waals surface area contributed by atoms with E-state index in [0.717, 1.165) is 17.1 Å². The van der Waals surface area contributed by atoms with E-state index in [-0.39, 0.29) is 0 Å². The molecule has 3 aromatic carbocycles. The van der Waals surface area contributed by atoms with E-state index < -0.39 is 0 Å². The summed E-state index contributed by atoms with van der Waals surface area (Å²) < 4.78 is 0. The monoisotopic (exact) mass is 304 g/mol. The molecule has 0 saturated carbocycles. The minimum atomic E-state index is 0.386. The molecule has 4 heteroatoms. The Labute approximate surface area is 136 Å². The molecule has 5 N–H and O–H groups in total. The molecule has 0 amide bonds. The quantitative estimate of drug-likeness (QED) is 0.380. The van der Waals surface area contributed by atoms with Gasteiger partial charge in [0, 0.05) is 11.4 Å². The molecule has 0 fully saturated rings. The number of aliphatic imine (C=N–C) groups is 1. The second kappa shape index (κ2) is 8.89. The molecule has 3 rings (SSSR count). The maximum absolute atomic E-state index is 5.78. The second-order valence-corrected chi connectivity index (χ2v) is 4.73. The Kier molecular flexibility index (Phi) is 6.23. The summed E-state index contributed by atoms with van der Waals surface area (Å²) in [6.07, 6.45) is 0. The summed E-state index contributed by atoms with van der Waals surface area (Å²) in [7, 11) is 0. The lowest BCUT2D eigenvalue weighted by Crippen LogP contribution is -2.21. The van der Waals surface area contributed by atoms with Crippen LogP contribution in [-0.4, -0.2) is 5.96 Å². The van der Waals surface area contributed by atoms with Gasteiger partial charge in [0.2, 0.25) is 0 Å². The van der Waals surface area contributed by atoms with E-state index in [1.54, 1.807) is 0 Å². The summed E-state index contributed by atoms with van der Waals surface area (Å²) in [5, 5.41) is 3.02. The van der Waals surface area contributed by atoms with Crippen molar-refractivity contribution in [3.05, 3.63) is 91.0 Å². The molecule has 0 atom stereocenters. The van der Waals surface area contributed by atoms with Gasteiger partial charge in [-0.05, 0) is 36.4 Å². The number of nitrogens with one attached hydrogen (secondary N) is 1. The van der Waals surface area contributed by atoms with E-state index in [1.807, 2.05) is 91.0 Å². The van der Waals surface area contributed by atoms with Crippen LogP contribution in [0.2, 0.25) is 0 Å². The lowest BCUT2D eigenvalue weighted by atomic mass is 10.3. The molecule has 0 aliphatic carbocycles. The third-order valence-corrected chi connectivity index (χ3v) is 2.85. The molecular formula is C19H20N4. The van der Waals surface area contributed by atoms with E-state index in [9.17, 15) is 0 Å². The first-order valence-electron chi connectivity index (χ1n) is 7.26. The van der Waals surface area contributed by atoms with Gasteiger partial charge in [-0.15, -0.1) is 0 Å². The zero-order valence-electron chi connectivity index (χ0n) is 12.8. The predicted octanol–water partition coefficient (Wildman–Crippen LogP) is 4.01. The zero-order chi connectivity index (χ0) is 16.3. The number of para-hydroxylation sites is 3. The van der Waals surface area contributed by atoms with Crippen LogP contribution in [0.4, 0.5) is 17.1 Å². The third kappa shape index (κ3) is 6.35. The fourth-order valence-electron chi connectivity index (χ4n) is 1.79. The van der Waals surface area contributed by atoms with Gasteiger partial charge in [-0.3, -0.25) is 0 Å². The number of nitrogens with two attached hydrogens (primary N) is 2. The number of nitrogen functional groups attached to an aromatic ring is 1. The number of benzene rings is 3. The van der Waals surface area contributed by atoms with Crippen molar-refractivity contribution in [1.82, 2.24) is 0 Å². The van der Waals surface area contributed by atoms with Gasteiger partial charge in [-0.1, -0.05) is 54.6 Å². The molecule has 23 heavy (non-hydrogen) atoms. The van der Waals surface area contributed by atoms with Gasteiger partial charge in [0.15, 0.2) is 5.96 Å². The smallest absolute Gasteiger partial charge is 0.198 e. The highest BCUT2D eigenvalue weighted by Gasteiger charge is 1.93. The summed E-state index contributed by atoms with van der Waals surface area (Å²) in [5.74, 6) is 0.386. The first kappa shape index (κ1) is 16.1.